The van der Waals surface area contributed by atoms with Crippen molar-refractivity contribution < 1.29 is 29.1 Å². The zero-order valence-electron chi connectivity index (χ0n) is 12.6. The highest BCUT2D eigenvalue weighted by molar-refractivity contribution is 5.99. The van der Waals surface area contributed by atoms with Gasteiger partial charge in [-0.25, -0.2) is 4.79 Å². The van der Waals surface area contributed by atoms with Gasteiger partial charge in [-0.1, -0.05) is 18.2 Å². The van der Waals surface area contributed by atoms with Crippen LogP contribution in [0.25, 0.3) is 22.1 Å². The molecule has 0 amide bonds. The van der Waals surface area contributed by atoms with Crippen LogP contribution in [-0.4, -0.2) is 27.1 Å². The lowest BCUT2D eigenvalue weighted by Crippen LogP contribution is -1.99. The summed E-state index contributed by atoms with van der Waals surface area (Å²) in [7, 11) is 0. The number of nitrogens with zero attached hydrogens (tertiary/aromatic N) is 1. The molecule has 0 atom stereocenters. The first-order chi connectivity index (χ1) is 11.9. The van der Waals surface area contributed by atoms with Gasteiger partial charge in [-0.2, -0.15) is 0 Å². The van der Waals surface area contributed by atoms with Crippen LogP contribution in [0.1, 0.15) is 15.9 Å². The Bertz CT molecular complexity index is 1000. The Hall–Kier alpha value is -3.68. The van der Waals surface area contributed by atoms with E-state index in [2.05, 4.69) is 0 Å². The predicted octanol–water partition coefficient (Wildman–Crippen LogP) is 3.33. The van der Waals surface area contributed by atoms with Crippen LogP contribution >= 0.6 is 0 Å². The van der Waals surface area contributed by atoms with Crippen molar-refractivity contribution in [2.75, 3.05) is 0 Å². The molecule has 8 heteroatoms. The summed E-state index contributed by atoms with van der Waals surface area (Å²) >= 11 is 0. The number of carboxylic acids is 2. The van der Waals surface area contributed by atoms with Gasteiger partial charge in [-0.05, 0) is 35.4 Å². The molecular formula is C17H11NO7. The number of aliphatic carboxylic acids is 1. The van der Waals surface area contributed by atoms with E-state index in [0.29, 0.717) is 16.5 Å². The van der Waals surface area contributed by atoms with E-state index in [1.807, 2.05) is 0 Å². The van der Waals surface area contributed by atoms with E-state index < -0.39 is 22.7 Å². The highest BCUT2D eigenvalue weighted by atomic mass is 16.6. The minimum absolute atomic E-state index is 0.0470. The first-order valence-corrected chi connectivity index (χ1v) is 7.12. The zero-order valence-corrected chi connectivity index (χ0v) is 12.6. The fourth-order valence-electron chi connectivity index (χ4n) is 2.60. The Kier molecular flexibility index (Phi) is 3.94. The summed E-state index contributed by atoms with van der Waals surface area (Å²) in [4.78, 5) is 32.5. The van der Waals surface area contributed by atoms with E-state index in [9.17, 15) is 19.7 Å². The maximum absolute atomic E-state index is 11.3. The normalized spacial score (nSPS) is 10.7. The SMILES string of the molecule is O=C(O)Cc1ccc2oc([N+](=O)[O-])c(-c3ccc(C(=O)O)cc3)c2c1. The number of hydrogen-bond acceptors (Lipinski definition) is 5. The molecule has 0 saturated carbocycles. The van der Waals surface area contributed by atoms with Gasteiger partial charge < -0.3 is 14.6 Å². The van der Waals surface area contributed by atoms with Crippen LogP contribution in [0.4, 0.5) is 5.88 Å². The molecule has 3 aromatic rings. The van der Waals surface area contributed by atoms with Gasteiger partial charge >= 0.3 is 17.8 Å². The third kappa shape index (κ3) is 3.05. The third-order valence-corrected chi connectivity index (χ3v) is 3.68. The molecule has 0 aliphatic heterocycles. The first-order valence-electron chi connectivity index (χ1n) is 7.12. The second-order valence-electron chi connectivity index (χ2n) is 5.32. The van der Waals surface area contributed by atoms with Gasteiger partial charge in [0.05, 0.1) is 12.0 Å². The van der Waals surface area contributed by atoms with E-state index in [1.165, 1.54) is 42.5 Å². The van der Waals surface area contributed by atoms with Crippen molar-refractivity contribution in [1.29, 1.82) is 0 Å². The van der Waals surface area contributed by atoms with Crippen LogP contribution in [0.2, 0.25) is 0 Å². The topological polar surface area (TPSA) is 131 Å². The summed E-state index contributed by atoms with van der Waals surface area (Å²) in [5.41, 5.74) is 1.36. The molecule has 0 spiro atoms. The van der Waals surface area contributed by atoms with Crippen LogP contribution in [0, 0.1) is 10.1 Å². The third-order valence-electron chi connectivity index (χ3n) is 3.68. The number of furan rings is 1. The molecule has 3 rings (SSSR count). The van der Waals surface area contributed by atoms with Crippen molar-refractivity contribution in [3.8, 4) is 11.1 Å². The highest BCUT2D eigenvalue weighted by Crippen LogP contribution is 2.40. The molecular weight excluding hydrogens is 330 g/mol. The van der Waals surface area contributed by atoms with E-state index in [-0.39, 0.29) is 23.1 Å². The van der Waals surface area contributed by atoms with E-state index >= 15 is 0 Å². The largest absolute Gasteiger partial charge is 0.481 e. The summed E-state index contributed by atoms with van der Waals surface area (Å²) in [5.74, 6) is -2.61. The summed E-state index contributed by atoms with van der Waals surface area (Å²) in [6, 6.07) is 10.1. The van der Waals surface area contributed by atoms with Gasteiger partial charge in [0.15, 0.2) is 0 Å². The van der Waals surface area contributed by atoms with Crippen molar-refractivity contribution in [3.05, 3.63) is 63.7 Å². The van der Waals surface area contributed by atoms with Crippen molar-refractivity contribution in [1.82, 2.24) is 0 Å². The molecule has 0 fully saturated rings. The smallest absolute Gasteiger partial charge is 0.442 e. The number of carboxylic acid groups (broad SMARTS) is 2. The van der Waals surface area contributed by atoms with E-state index in [0.717, 1.165) is 0 Å². The van der Waals surface area contributed by atoms with E-state index in [4.69, 9.17) is 14.6 Å². The van der Waals surface area contributed by atoms with Crippen LogP contribution in [-0.2, 0) is 11.2 Å². The maximum Gasteiger partial charge on any atom is 0.442 e. The maximum atomic E-state index is 11.3. The summed E-state index contributed by atoms with van der Waals surface area (Å²) in [5, 5.41) is 29.6. The molecule has 2 N–H and O–H groups in total. The van der Waals surface area contributed by atoms with Crippen molar-refractivity contribution >= 4 is 28.8 Å². The minimum atomic E-state index is -1.11. The van der Waals surface area contributed by atoms with Crippen LogP contribution < -0.4 is 0 Å². The molecule has 8 nitrogen and oxygen atoms in total. The monoisotopic (exact) mass is 341 g/mol. The molecule has 1 aromatic heterocycles. The summed E-state index contributed by atoms with van der Waals surface area (Å²) in [6.07, 6.45) is -0.230. The Morgan fingerprint density at radius 1 is 1.08 bits per heavy atom. The van der Waals surface area contributed by atoms with Crippen molar-refractivity contribution in [2.24, 2.45) is 0 Å². The summed E-state index contributed by atoms with van der Waals surface area (Å²) < 4.78 is 5.29. The number of carbonyl (C=O) groups is 2. The lowest BCUT2D eigenvalue weighted by Gasteiger charge is -2.01. The lowest BCUT2D eigenvalue weighted by molar-refractivity contribution is -0.400. The molecule has 0 radical (unpaired) electrons. The second-order valence-corrected chi connectivity index (χ2v) is 5.32. The van der Waals surface area contributed by atoms with Crippen LogP contribution in [0.5, 0.6) is 0 Å². The molecule has 0 aliphatic rings. The number of benzene rings is 2. The van der Waals surface area contributed by atoms with Gasteiger partial charge in [0.2, 0.25) is 0 Å². The molecule has 126 valence electrons. The van der Waals surface area contributed by atoms with Crippen molar-refractivity contribution in [3.63, 3.8) is 0 Å². The Balaban J connectivity index is 2.22. The van der Waals surface area contributed by atoms with Crippen LogP contribution in [0.15, 0.2) is 46.9 Å². The van der Waals surface area contributed by atoms with E-state index in [1.54, 1.807) is 0 Å². The van der Waals surface area contributed by atoms with Crippen LogP contribution in [0.3, 0.4) is 0 Å². The molecule has 1 heterocycles. The van der Waals surface area contributed by atoms with Gasteiger partial charge in [-0.15, -0.1) is 0 Å². The second kappa shape index (κ2) is 6.08. The van der Waals surface area contributed by atoms with Gasteiger partial charge in [0.1, 0.15) is 16.1 Å². The minimum Gasteiger partial charge on any atom is -0.481 e. The standard InChI is InChI=1S/C17H11NO7/c19-14(20)8-9-1-6-13-12(7-9)15(16(25-13)18(23)24)10-2-4-11(5-3-10)17(21)22/h1-7H,8H2,(H,19,20)(H,21,22). The molecule has 25 heavy (non-hydrogen) atoms. The van der Waals surface area contributed by atoms with Gasteiger partial charge in [-0.3, -0.25) is 14.9 Å². The molecule has 0 bridgehead atoms. The van der Waals surface area contributed by atoms with Crippen molar-refractivity contribution in [2.45, 2.75) is 6.42 Å². The predicted molar refractivity (Wildman–Crippen MR) is 86.6 cm³/mol. The fraction of sp³-hybridized carbons (Fsp3) is 0.0588. The average Bonchev–Trinajstić information content (AvgIpc) is 2.93. The Morgan fingerprint density at radius 3 is 2.32 bits per heavy atom. The molecule has 2 aromatic carbocycles. The number of aromatic carboxylic acids is 1. The zero-order chi connectivity index (χ0) is 18.1. The Labute approximate surface area is 140 Å². The lowest BCUT2D eigenvalue weighted by atomic mass is 10.0. The number of fused-ring (bicyclic) bond motifs is 1. The Morgan fingerprint density at radius 2 is 1.76 bits per heavy atom. The quantitative estimate of drug-likeness (QED) is 0.537. The summed E-state index contributed by atoms with van der Waals surface area (Å²) in [6.45, 7) is 0. The van der Waals surface area contributed by atoms with Gasteiger partial charge in [0.25, 0.3) is 0 Å². The molecule has 0 aliphatic carbocycles. The fourth-order valence-corrected chi connectivity index (χ4v) is 2.60. The first kappa shape index (κ1) is 16.2. The molecule has 0 saturated heterocycles. The molecule has 0 unspecified atom stereocenters. The highest BCUT2D eigenvalue weighted by Gasteiger charge is 2.25. The number of hydrogen-bond donors (Lipinski definition) is 2. The average molecular weight is 341 g/mol. The number of rotatable bonds is 5. The number of nitro groups is 1. The van der Waals surface area contributed by atoms with Gasteiger partial charge in [0, 0.05) is 5.39 Å².